The maximum atomic E-state index is 12.2. The summed E-state index contributed by atoms with van der Waals surface area (Å²) in [5.41, 5.74) is 0. The lowest BCUT2D eigenvalue weighted by Gasteiger charge is -2.15. The number of carbonyl (C=O) groups is 6. The molecule has 0 saturated carbocycles. The van der Waals surface area contributed by atoms with Gasteiger partial charge in [-0.1, -0.05) is 13.8 Å². The predicted octanol–water partition coefficient (Wildman–Crippen LogP) is 0.381. The van der Waals surface area contributed by atoms with Crippen molar-refractivity contribution in [3.8, 4) is 0 Å². The number of hydroxylamine groups is 2. The largest absolute Gasteiger partial charge is 0.381 e. The molecule has 0 spiro atoms. The number of Topliss-reactive ketones (excluding diaryl/α,β-unsaturated/α-hetero) is 1. The summed E-state index contributed by atoms with van der Waals surface area (Å²) < 4.78 is 12.5. The lowest BCUT2D eigenvalue weighted by Crippen LogP contribution is -2.36. The first-order chi connectivity index (χ1) is 14.1. The van der Waals surface area contributed by atoms with Crippen molar-refractivity contribution in [2.45, 2.75) is 52.3 Å². The van der Waals surface area contributed by atoms with E-state index in [2.05, 4.69) is 4.84 Å². The van der Waals surface area contributed by atoms with E-state index in [-0.39, 0.29) is 74.9 Å². The van der Waals surface area contributed by atoms with Gasteiger partial charge >= 0.3 is 5.97 Å². The number of likely N-dealkylation sites (tertiary alicyclic amines) is 1. The van der Waals surface area contributed by atoms with Gasteiger partial charge in [-0.3, -0.25) is 28.9 Å². The average Bonchev–Trinajstić information content (AvgIpc) is 3.08. The van der Waals surface area contributed by atoms with E-state index in [1.54, 1.807) is 0 Å². The summed E-state index contributed by atoms with van der Waals surface area (Å²) in [6.07, 6.45) is -1.16. The summed E-state index contributed by atoms with van der Waals surface area (Å²) in [5.74, 6) is -3.65. The summed E-state index contributed by atoms with van der Waals surface area (Å²) in [5, 5.41) is 0.309. The molecule has 2 heterocycles. The second-order valence-electron chi connectivity index (χ2n) is 7.28. The Labute approximate surface area is 169 Å². The molecule has 0 radical (unpaired) electrons. The second kappa shape index (κ2) is 10.2. The predicted molar refractivity (Wildman–Crippen MR) is 96.5 cm³/mol. The lowest BCUT2D eigenvalue weighted by molar-refractivity contribution is -0.198. The molecule has 2 rings (SSSR count). The summed E-state index contributed by atoms with van der Waals surface area (Å²) in [4.78, 5) is 76.3. The van der Waals surface area contributed by atoms with Gasteiger partial charge in [0.1, 0.15) is 0 Å². The smallest absolute Gasteiger partial charge is 0.335 e. The molecule has 10 heteroatoms. The molecule has 2 atom stereocenters. The van der Waals surface area contributed by atoms with Crippen LogP contribution in [0.4, 0.5) is 0 Å². The van der Waals surface area contributed by atoms with Crippen molar-refractivity contribution in [1.82, 2.24) is 9.96 Å². The van der Waals surface area contributed by atoms with Crippen molar-refractivity contribution >= 4 is 35.4 Å². The Morgan fingerprint density at radius 1 is 1.10 bits per heavy atom. The van der Waals surface area contributed by atoms with Gasteiger partial charge in [0.25, 0.3) is 11.8 Å². The Balaban J connectivity index is 1.58. The third kappa shape index (κ3) is 6.18. The Kier molecular flexibility index (Phi) is 7.45. The first-order valence-corrected chi connectivity index (χ1v) is 9.55. The van der Waals surface area contributed by atoms with Gasteiger partial charge < -0.3 is 9.57 Å². The minimum atomic E-state index is -1.25. The highest BCUT2D eigenvalue weighted by Gasteiger charge is 2.40. The van der Waals surface area contributed by atoms with Crippen LogP contribution in [0.15, 0.2) is 0 Å². The van der Waals surface area contributed by atoms with Gasteiger partial charge in [0.05, 0.1) is 19.6 Å². The third-order valence-electron chi connectivity index (χ3n) is 4.68. The molecule has 29 heavy (non-hydrogen) atoms. The Bertz CT molecular complexity index is 738. The SMILES string of the molecule is [2H]C1CC(=O)N(OC(=O)CCOCCCC(=O)CN2C(=O)CC(C(C)C)C2=O)C1=O. The molecule has 0 aromatic heterocycles. The highest BCUT2D eigenvalue weighted by Crippen LogP contribution is 2.26. The zero-order chi connectivity index (χ0) is 22.4. The van der Waals surface area contributed by atoms with Crippen LogP contribution in [0.2, 0.25) is 0 Å². The third-order valence-corrected chi connectivity index (χ3v) is 4.68. The molecule has 4 amide bonds. The van der Waals surface area contributed by atoms with Crippen LogP contribution in [0.5, 0.6) is 0 Å². The van der Waals surface area contributed by atoms with Crippen LogP contribution in [0.3, 0.4) is 0 Å². The fourth-order valence-corrected chi connectivity index (χ4v) is 2.99. The first kappa shape index (κ1) is 21.1. The Hall–Kier alpha value is -2.62. The molecular weight excluding hydrogens is 384 g/mol. The van der Waals surface area contributed by atoms with E-state index in [0.29, 0.717) is 11.5 Å². The molecule has 10 nitrogen and oxygen atoms in total. The number of amides is 4. The number of rotatable bonds is 11. The van der Waals surface area contributed by atoms with Crippen LogP contribution < -0.4 is 0 Å². The maximum Gasteiger partial charge on any atom is 0.335 e. The van der Waals surface area contributed by atoms with Crippen LogP contribution in [0.1, 0.15) is 53.7 Å². The van der Waals surface area contributed by atoms with Gasteiger partial charge in [-0.2, -0.15) is 0 Å². The van der Waals surface area contributed by atoms with Gasteiger partial charge in [0.15, 0.2) is 5.78 Å². The molecule has 0 aliphatic carbocycles. The molecule has 0 aromatic carbocycles. The van der Waals surface area contributed by atoms with E-state index in [0.717, 1.165) is 4.90 Å². The summed E-state index contributed by atoms with van der Waals surface area (Å²) in [7, 11) is 0. The van der Waals surface area contributed by atoms with Crippen LogP contribution >= 0.6 is 0 Å². The maximum absolute atomic E-state index is 12.2. The van der Waals surface area contributed by atoms with Gasteiger partial charge in [-0.25, -0.2) is 4.79 Å². The van der Waals surface area contributed by atoms with Crippen molar-refractivity contribution in [2.24, 2.45) is 11.8 Å². The number of nitrogens with zero attached hydrogens (tertiary/aromatic N) is 2. The zero-order valence-corrected chi connectivity index (χ0v) is 16.5. The topological polar surface area (TPSA) is 127 Å². The van der Waals surface area contributed by atoms with Crippen LogP contribution in [-0.2, 0) is 38.3 Å². The fraction of sp³-hybridized carbons (Fsp3) is 0.684. The monoisotopic (exact) mass is 411 g/mol. The molecule has 160 valence electrons. The molecule has 2 aliphatic heterocycles. The highest BCUT2D eigenvalue weighted by atomic mass is 16.7. The molecular formula is C19H26N2O8. The number of ketones is 1. The zero-order valence-electron chi connectivity index (χ0n) is 17.5. The number of ether oxygens (including phenoxy) is 1. The first-order valence-electron chi connectivity index (χ1n) is 10.1. The molecule has 2 unspecified atom stereocenters. The minimum absolute atomic E-state index is 0.0350. The van der Waals surface area contributed by atoms with Crippen molar-refractivity contribution in [2.75, 3.05) is 19.8 Å². The fourth-order valence-electron chi connectivity index (χ4n) is 2.99. The molecule has 0 bridgehead atoms. The summed E-state index contributed by atoms with van der Waals surface area (Å²) in [6.45, 7) is 3.63. The number of hydrogen-bond donors (Lipinski definition) is 0. The normalized spacial score (nSPS) is 22.7. The molecule has 2 fully saturated rings. The van der Waals surface area contributed by atoms with E-state index in [4.69, 9.17) is 6.11 Å². The number of imide groups is 2. The minimum Gasteiger partial charge on any atom is -0.381 e. The van der Waals surface area contributed by atoms with Crippen LogP contribution in [-0.4, -0.2) is 65.1 Å². The average molecular weight is 411 g/mol. The highest BCUT2D eigenvalue weighted by molar-refractivity contribution is 6.06. The van der Waals surface area contributed by atoms with E-state index < -0.39 is 24.2 Å². The van der Waals surface area contributed by atoms with Crippen molar-refractivity contribution < 1.29 is 39.7 Å². The second-order valence-corrected chi connectivity index (χ2v) is 7.28. The van der Waals surface area contributed by atoms with E-state index in [9.17, 15) is 28.8 Å². The molecule has 0 aromatic rings. The standard InChI is InChI=1S/C19H26N2O8/c1-12(2)14-10-17(25)20(19(14)27)11-13(22)4-3-8-28-9-7-18(26)29-21-15(23)5-6-16(21)24/h12,14H,3-11H2,1-2H3/i5D. The quantitative estimate of drug-likeness (QED) is 0.353. The lowest BCUT2D eigenvalue weighted by atomic mass is 9.94. The van der Waals surface area contributed by atoms with E-state index in [1.807, 2.05) is 13.8 Å². The van der Waals surface area contributed by atoms with Gasteiger partial charge in [-0.05, 0) is 12.3 Å². The van der Waals surface area contributed by atoms with E-state index >= 15 is 0 Å². The van der Waals surface area contributed by atoms with Crippen molar-refractivity contribution in [3.05, 3.63) is 0 Å². The number of hydrogen-bond acceptors (Lipinski definition) is 8. The van der Waals surface area contributed by atoms with Crippen molar-refractivity contribution in [3.63, 3.8) is 0 Å². The molecule has 0 N–H and O–H groups in total. The molecule has 2 saturated heterocycles. The van der Waals surface area contributed by atoms with Crippen molar-refractivity contribution in [1.29, 1.82) is 0 Å². The number of carbonyl (C=O) groups excluding carboxylic acids is 6. The van der Waals surface area contributed by atoms with Gasteiger partial charge in [-0.15, -0.1) is 5.06 Å². The van der Waals surface area contributed by atoms with Crippen LogP contribution in [0.25, 0.3) is 0 Å². The van der Waals surface area contributed by atoms with Crippen LogP contribution in [0, 0.1) is 11.8 Å². The Morgan fingerprint density at radius 2 is 1.83 bits per heavy atom. The van der Waals surface area contributed by atoms with Gasteiger partial charge in [0.2, 0.25) is 11.8 Å². The summed E-state index contributed by atoms with van der Waals surface area (Å²) >= 11 is 0. The van der Waals surface area contributed by atoms with E-state index in [1.165, 1.54) is 0 Å². The molecule has 2 aliphatic rings. The van der Waals surface area contributed by atoms with Gasteiger partial charge in [0, 0.05) is 39.6 Å². The Morgan fingerprint density at radius 3 is 2.41 bits per heavy atom. The summed E-state index contributed by atoms with van der Waals surface area (Å²) in [6, 6.07) is 0.